The van der Waals surface area contributed by atoms with Crippen molar-refractivity contribution in [2.45, 2.75) is 43.7 Å². The van der Waals surface area contributed by atoms with E-state index in [1.165, 1.54) is 24.9 Å². The van der Waals surface area contributed by atoms with E-state index in [9.17, 15) is 4.79 Å². The Hall–Kier alpha value is -3.60. The number of benzene rings is 3. The fourth-order valence-corrected chi connectivity index (χ4v) is 6.64. The Bertz CT molecular complexity index is 1660. The van der Waals surface area contributed by atoms with Gasteiger partial charge in [0.2, 0.25) is 5.95 Å². The van der Waals surface area contributed by atoms with E-state index < -0.39 is 6.10 Å². The lowest BCUT2D eigenvalue weighted by atomic mass is 9.97. The number of nitrogens with one attached hydrogen (secondary N) is 2. The van der Waals surface area contributed by atoms with Crippen LogP contribution < -0.4 is 14.8 Å². The largest absolute Gasteiger partial charge is 0.488 e. The second-order valence-corrected chi connectivity index (χ2v) is 12.0. The Morgan fingerprint density at radius 2 is 2.00 bits per heavy atom. The number of halogens is 2. The van der Waals surface area contributed by atoms with Crippen LogP contribution in [0, 0.1) is 12.7 Å². The van der Waals surface area contributed by atoms with Crippen LogP contribution in [-0.2, 0) is 9.53 Å². The van der Waals surface area contributed by atoms with Crippen LogP contribution in [0.25, 0.3) is 22.0 Å². The highest BCUT2D eigenvalue weighted by molar-refractivity contribution is 8.00. The van der Waals surface area contributed by atoms with Crippen molar-refractivity contribution < 1.29 is 18.7 Å². The fourth-order valence-electron chi connectivity index (χ4n) is 5.45. The van der Waals surface area contributed by atoms with Crippen LogP contribution in [0.1, 0.15) is 37.0 Å². The standard InChI is InChI=1S/C31H31ClFN5O3S/c1-17-25(37-42-28-14-21(32)13-23-27(41-18(2)39)16-40-30(23)28)7-5-24(33)29(17)19-4-6-26-20(12-19)15-34-31(36-26)35-22-8-10-38(3)11-9-22/h4-7,12-15,22,27,37H,8-11,16H2,1-3H3,(H,34,35,36)/t27-/m1/s1. The van der Waals surface area contributed by atoms with Gasteiger partial charge in [-0.3, -0.25) is 4.79 Å². The Morgan fingerprint density at radius 3 is 2.79 bits per heavy atom. The zero-order valence-corrected chi connectivity index (χ0v) is 25.1. The molecule has 8 nitrogen and oxygen atoms in total. The number of carbonyl (C=O) groups excluding carboxylic acids is 1. The van der Waals surface area contributed by atoms with Gasteiger partial charge in [0.05, 0.1) is 10.4 Å². The molecule has 4 aromatic rings. The number of likely N-dealkylation sites (tertiary alicyclic amines) is 1. The zero-order valence-electron chi connectivity index (χ0n) is 23.5. The van der Waals surface area contributed by atoms with Gasteiger partial charge >= 0.3 is 5.97 Å². The van der Waals surface area contributed by atoms with Crippen molar-refractivity contribution in [1.82, 2.24) is 14.9 Å². The van der Waals surface area contributed by atoms with Crippen LogP contribution >= 0.6 is 23.5 Å². The van der Waals surface area contributed by atoms with E-state index in [4.69, 9.17) is 26.1 Å². The molecule has 1 atom stereocenters. The smallest absolute Gasteiger partial charge is 0.303 e. The summed E-state index contributed by atoms with van der Waals surface area (Å²) < 4.78 is 29.8. The Labute approximate surface area is 253 Å². The first-order chi connectivity index (χ1) is 20.2. The maximum absolute atomic E-state index is 15.3. The van der Waals surface area contributed by atoms with E-state index >= 15 is 4.39 Å². The topological polar surface area (TPSA) is 88.6 Å². The molecule has 0 saturated carbocycles. The molecule has 0 amide bonds. The van der Waals surface area contributed by atoms with Crippen LogP contribution in [0.15, 0.2) is 53.6 Å². The first-order valence-corrected chi connectivity index (χ1v) is 15.0. The van der Waals surface area contributed by atoms with Crippen LogP contribution in [0.5, 0.6) is 5.75 Å². The molecule has 0 spiro atoms. The SMILES string of the molecule is CC(=O)O[C@@H]1COc2c(SNc3ccc(F)c(-c4ccc5nc(NC6CCN(C)CC6)ncc5c4)c3C)cc(Cl)cc21. The van der Waals surface area contributed by atoms with E-state index in [0.29, 0.717) is 28.3 Å². The van der Waals surface area contributed by atoms with Gasteiger partial charge in [-0.15, -0.1) is 0 Å². The molecule has 218 valence electrons. The molecule has 2 aliphatic rings. The molecule has 3 heterocycles. The normalized spacial score (nSPS) is 17.1. The first-order valence-electron chi connectivity index (χ1n) is 13.8. The monoisotopic (exact) mass is 607 g/mol. The molecule has 1 saturated heterocycles. The number of piperidine rings is 1. The third-order valence-electron chi connectivity index (χ3n) is 7.69. The lowest BCUT2D eigenvalue weighted by molar-refractivity contribution is -0.147. The summed E-state index contributed by atoms with van der Waals surface area (Å²) in [5.74, 6) is 0.525. The Kier molecular flexibility index (Phi) is 8.11. The number of hydrogen-bond donors (Lipinski definition) is 2. The number of nitrogens with zero attached hydrogens (tertiary/aromatic N) is 3. The van der Waals surface area contributed by atoms with Crippen molar-refractivity contribution >= 4 is 52.1 Å². The van der Waals surface area contributed by atoms with E-state index in [-0.39, 0.29) is 18.4 Å². The fraction of sp³-hybridized carbons (Fsp3) is 0.323. The molecule has 6 rings (SSSR count). The highest BCUT2D eigenvalue weighted by Crippen LogP contribution is 2.44. The summed E-state index contributed by atoms with van der Waals surface area (Å²) in [6, 6.07) is 12.8. The molecule has 3 aromatic carbocycles. The predicted octanol–water partition coefficient (Wildman–Crippen LogP) is 7.02. The molecule has 0 aliphatic carbocycles. The average molecular weight is 608 g/mol. The second-order valence-electron chi connectivity index (χ2n) is 10.7. The summed E-state index contributed by atoms with van der Waals surface area (Å²) in [5.41, 5.74) is 4.26. The lowest BCUT2D eigenvalue weighted by Crippen LogP contribution is -2.37. The third-order valence-corrected chi connectivity index (χ3v) is 8.75. The van der Waals surface area contributed by atoms with Gasteiger partial charge in [-0.2, -0.15) is 0 Å². The molecule has 11 heteroatoms. The molecule has 2 aliphatic heterocycles. The summed E-state index contributed by atoms with van der Waals surface area (Å²) in [6.45, 7) is 5.58. The maximum Gasteiger partial charge on any atom is 0.303 e. The summed E-state index contributed by atoms with van der Waals surface area (Å²) in [5, 5.41) is 4.80. The number of aromatic nitrogens is 2. The molecule has 0 unspecified atom stereocenters. The molecule has 1 aromatic heterocycles. The number of rotatable bonds is 7. The predicted molar refractivity (Wildman–Crippen MR) is 165 cm³/mol. The summed E-state index contributed by atoms with van der Waals surface area (Å²) in [4.78, 5) is 23.8. The van der Waals surface area contributed by atoms with Gasteiger partial charge in [0.15, 0.2) is 6.10 Å². The van der Waals surface area contributed by atoms with Gasteiger partial charge in [-0.25, -0.2) is 14.4 Å². The molecule has 0 bridgehead atoms. The minimum absolute atomic E-state index is 0.226. The van der Waals surface area contributed by atoms with Crippen molar-refractivity contribution in [2.24, 2.45) is 0 Å². The molecule has 1 fully saturated rings. The van der Waals surface area contributed by atoms with E-state index in [0.717, 1.165) is 64.1 Å². The van der Waals surface area contributed by atoms with Crippen molar-refractivity contribution in [3.63, 3.8) is 0 Å². The number of ether oxygens (including phenoxy) is 2. The van der Waals surface area contributed by atoms with Crippen molar-refractivity contribution in [1.29, 1.82) is 0 Å². The molecular formula is C31H31ClFN5O3S. The Balaban J connectivity index is 1.22. The number of carbonyl (C=O) groups is 1. The molecule has 0 radical (unpaired) electrons. The maximum atomic E-state index is 15.3. The number of esters is 1. The van der Waals surface area contributed by atoms with Crippen LogP contribution in [0.2, 0.25) is 5.02 Å². The van der Waals surface area contributed by atoms with Crippen molar-refractivity contribution in [3.05, 3.63) is 70.6 Å². The zero-order chi connectivity index (χ0) is 29.4. The lowest BCUT2D eigenvalue weighted by Gasteiger charge is -2.29. The second kappa shape index (κ2) is 11.9. The van der Waals surface area contributed by atoms with Crippen LogP contribution in [0.3, 0.4) is 0 Å². The van der Waals surface area contributed by atoms with Crippen LogP contribution in [0.4, 0.5) is 16.0 Å². The van der Waals surface area contributed by atoms with Crippen molar-refractivity contribution in [3.8, 4) is 16.9 Å². The number of fused-ring (bicyclic) bond motifs is 2. The van der Waals surface area contributed by atoms with E-state index in [2.05, 4.69) is 27.0 Å². The summed E-state index contributed by atoms with van der Waals surface area (Å²) in [7, 11) is 2.14. The van der Waals surface area contributed by atoms with E-state index in [1.54, 1.807) is 24.4 Å². The van der Waals surface area contributed by atoms with Gasteiger partial charge in [-0.1, -0.05) is 17.7 Å². The molecular weight excluding hydrogens is 577 g/mol. The first kappa shape index (κ1) is 28.5. The van der Waals surface area contributed by atoms with Gasteiger partial charge < -0.3 is 24.4 Å². The quantitative estimate of drug-likeness (QED) is 0.170. The number of hydrogen-bond acceptors (Lipinski definition) is 9. The molecule has 2 N–H and O–H groups in total. The minimum atomic E-state index is -0.507. The Morgan fingerprint density at radius 1 is 1.19 bits per heavy atom. The highest BCUT2D eigenvalue weighted by atomic mass is 35.5. The third kappa shape index (κ3) is 5.97. The summed E-state index contributed by atoms with van der Waals surface area (Å²) >= 11 is 7.68. The van der Waals surface area contributed by atoms with E-state index in [1.807, 2.05) is 25.1 Å². The molecule has 42 heavy (non-hydrogen) atoms. The van der Waals surface area contributed by atoms with Crippen molar-refractivity contribution in [2.75, 3.05) is 36.8 Å². The minimum Gasteiger partial charge on any atom is -0.488 e. The van der Waals surface area contributed by atoms with Gasteiger partial charge in [0.25, 0.3) is 0 Å². The number of anilines is 2. The van der Waals surface area contributed by atoms with Crippen LogP contribution in [-0.4, -0.2) is 53.6 Å². The van der Waals surface area contributed by atoms with Gasteiger partial charge in [-0.05, 0) is 99.4 Å². The van der Waals surface area contributed by atoms with Gasteiger partial charge in [0.1, 0.15) is 18.2 Å². The average Bonchev–Trinajstić information content (AvgIpc) is 3.35. The highest BCUT2D eigenvalue weighted by Gasteiger charge is 2.30. The summed E-state index contributed by atoms with van der Waals surface area (Å²) in [6.07, 6.45) is 3.39. The van der Waals surface area contributed by atoms with Gasteiger partial charge in [0, 0.05) is 46.4 Å².